The highest BCUT2D eigenvalue weighted by atomic mass is 16.5. The second kappa shape index (κ2) is 7.74. The quantitative estimate of drug-likeness (QED) is 0.587. The van der Waals surface area contributed by atoms with Crippen LogP contribution in [-0.4, -0.2) is 36.4 Å². The van der Waals surface area contributed by atoms with Gasteiger partial charge in [0.15, 0.2) is 0 Å². The van der Waals surface area contributed by atoms with Crippen molar-refractivity contribution in [1.82, 2.24) is 10.3 Å². The van der Waals surface area contributed by atoms with Crippen molar-refractivity contribution in [1.29, 1.82) is 0 Å². The van der Waals surface area contributed by atoms with Crippen molar-refractivity contribution >= 4 is 22.7 Å². The molecule has 0 bridgehead atoms. The molecule has 0 spiro atoms. The number of amides is 1. The maximum atomic E-state index is 10.6. The number of nitrogens with one attached hydrogen (secondary N) is 2. The summed E-state index contributed by atoms with van der Waals surface area (Å²) in [7, 11) is 1.65. The number of aryl methyl sites for hydroxylation is 1. The van der Waals surface area contributed by atoms with Crippen molar-refractivity contribution in [3.8, 4) is 16.9 Å². The normalized spacial score (nSPS) is 10.5. The standard InChI is InChI=1S/C20H21N3O3/c1-13-18(14-6-4-3-5-7-14)17-12-15(26-2)8-9-16(17)19(23-13)21-10-11-22-20(24)25/h3-9,12,22H,10-11H2,1-2H3,(H,21,23)(H,24,25). The lowest BCUT2D eigenvalue weighted by molar-refractivity contribution is 0.195. The van der Waals surface area contributed by atoms with E-state index in [1.54, 1.807) is 7.11 Å². The average Bonchev–Trinajstić information content (AvgIpc) is 2.65. The maximum Gasteiger partial charge on any atom is 0.404 e. The molecular formula is C20H21N3O3. The molecule has 3 rings (SSSR count). The molecule has 1 amide bonds. The molecule has 6 nitrogen and oxygen atoms in total. The lowest BCUT2D eigenvalue weighted by Gasteiger charge is -2.16. The Morgan fingerprint density at radius 2 is 1.88 bits per heavy atom. The van der Waals surface area contributed by atoms with Crippen molar-refractivity contribution in [3.05, 3.63) is 54.2 Å². The van der Waals surface area contributed by atoms with Crippen molar-refractivity contribution in [3.63, 3.8) is 0 Å². The van der Waals surface area contributed by atoms with Gasteiger partial charge in [-0.2, -0.15) is 0 Å². The zero-order chi connectivity index (χ0) is 18.5. The van der Waals surface area contributed by atoms with Crippen LogP contribution in [0.4, 0.5) is 10.6 Å². The van der Waals surface area contributed by atoms with Crippen LogP contribution in [0.5, 0.6) is 5.75 Å². The minimum atomic E-state index is -1.04. The number of nitrogens with zero attached hydrogens (tertiary/aromatic N) is 1. The van der Waals surface area contributed by atoms with Gasteiger partial charge in [0, 0.05) is 29.7 Å². The Morgan fingerprint density at radius 3 is 2.58 bits per heavy atom. The molecule has 0 fully saturated rings. The van der Waals surface area contributed by atoms with Crippen molar-refractivity contribution in [2.45, 2.75) is 6.92 Å². The smallest absolute Gasteiger partial charge is 0.404 e. The van der Waals surface area contributed by atoms with Gasteiger partial charge < -0.3 is 20.5 Å². The predicted octanol–water partition coefficient (Wildman–Crippen LogP) is 3.90. The van der Waals surface area contributed by atoms with Crippen LogP contribution in [-0.2, 0) is 0 Å². The first kappa shape index (κ1) is 17.5. The van der Waals surface area contributed by atoms with Gasteiger partial charge >= 0.3 is 6.09 Å². The van der Waals surface area contributed by atoms with Crippen LogP contribution in [0.15, 0.2) is 48.5 Å². The van der Waals surface area contributed by atoms with E-state index >= 15 is 0 Å². The summed E-state index contributed by atoms with van der Waals surface area (Å²) in [5, 5.41) is 16.2. The number of hydrogen-bond acceptors (Lipinski definition) is 4. The number of benzene rings is 2. The maximum absolute atomic E-state index is 10.6. The highest BCUT2D eigenvalue weighted by Gasteiger charge is 2.14. The van der Waals surface area contributed by atoms with Gasteiger partial charge in [-0.15, -0.1) is 0 Å². The Labute approximate surface area is 151 Å². The van der Waals surface area contributed by atoms with Gasteiger partial charge in [-0.05, 0) is 36.1 Å². The number of methoxy groups -OCH3 is 1. The molecule has 0 atom stereocenters. The van der Waals surface area contributed by atoms with Crippen molar-refractivity contribution in [2.75, 3.05) is 25.5 Å². The number of anilines is 1. The Balaban J connectivity index is 2.07. The average molecular weight is 351 g/mol. The fraction of sp³-hybridized carbons (Fsp3) is 0.200. The van der Waals surface area contributed by atoms with E-state index in [-0.39, 0.29) is 0 Å². The number of aromatic nitrogens is 1. The molecule has 26 heavy (non-hydrogen) atoms. The zero-order valence-electron chi connectivity index (χ0n) is 14.7. The van der Waals surface area contributed by atoms with Gasteiger partial charge in [-0.25, -0.2) is 9.78 Å². The Bertz CT molecular complexity index is 926. The second-order valence-electron chi connectivity index (χ2n) is 5.86. The van der Waals surface area contributed by atoms with Crippen LogP contribution in [0.1, 0.15) is 5.69 Å². The molecule has 3 aromatic rings. The number of carbonyl (C=O) groups is 1. The largest absolute Gasteiger partial charge is 0.497 e. The second-order valence-corrected chi connectivity index (χ2v) is 5.86. The van der Waals surface area contributed by atoms with E-state index in [1.165, 1.54) is 0 Å². The van der Waals surface area contributed by atoms with Gasteiger partial charge in [0.25, 0.3) is 0 Å². The Morgan fingerprint density at radius 1 is 1.12 bits per heavy atom. The molecule has 134 valence electrons. The molecule has 1 heterocycles. The lowest BCUT2D eigenvalue weighted by atomic mass is 9.97. The summed E-state index contributed by atoms with van der Waals surface area (Å²) >= 11 is 0. The predicted molar refractivity (Wildman–Crippen MR) is 103 cm³/mol. The molecule has 3 N–H and O–H groups in total. The van der Waals surface area contributed by atoms with Crippen LogP contribution in [0.2, 0.25) is 0 Å². The lowest BCUT2D eigenvalue weighted by Crippen LogP contribution is -2.27. The van der Waals surface area contributed by atoms with Gasteiger partial charge in [0.1, 0.15) is 11.6 Å². The summed E-state index contributed by atoms with van der Waals surface area (Å²) < 4.78 is 5.40. The van der Waals surface area contributed by atoms with Gasteiger partial charge in [-0.1, -0.05) is 30.3 Å². The number of ether oxygens (including phenoxy) is 1. The number of carboxylic acid groups (broad SMARTS) is 1. The summed E-state index contributed by atoms with van der Waals surface area (Å²) in [6.07, 6.45) is -1.04. The van der Waals surface area contributed by atoms with E-state index in [0.717, 1.165) is 39.2 Å². The number of pyridine rings is 1. The molecule has 0 aliphatic heterocycles. The van der Waals surface area contributed by atoms with Crippen LogP contribution in [0.3, 0.4) is 0 Å². The first-order chi connectivity index (χ1) is 12.6. The molecule has 0 aliphatic carbocycles. The number of fused-ring (bicyclic) bond motifs is 1. The molecule has 6 heteroatoms. The van der Waals surface area contributed by atoms with E-state index in [1.807, 2.05) is 43.3 Å². The van der Waals surface area contributed by atoms with Gasteiger partial charge in [0.2, 0.25) is 0 Å². The fourth-order valence-corrected chi connectivity index (χ4v) is 3.00. The van der Waals surface area contributed by atoms with Crippen LogP contribution in [0.25, 0.3) is 21.9 Å². The van der Waals surface area contributed by atoms with E-state index < -0.39 is 6.09 Å². The molecule has 0 unspecified atom stereocenters. The third-order valence-corrected chi connectivity index (χ3v) is 4.15. The summed E-state index contributed by atoms with van der Waals surface area (Å²) in [5.41, 5.74) is 3.05. The van der Waals surface area contributed by atoms with Crippen LogP contribution in [0, 0.1) is 6.92 Å². The van der Waals surface area contributed by atoms with Crippen molar-refractivity contribution < 1.29 is 14.6 Å². The van der Waals surface area contributed by atoms with Crippen LogP contribution < -0.4 is 15.4 Å². The number of rotatable bonds is 6. The summed E-state index contributed by atoms with van der Waals surface area (Å²) in [4.78, 5) is 15.3. The minimum absolute atomic E-state index is 0.300. The topological polar surface area (TPSA) is 83.5 Å². The molecule has 2 aromatic carbocycles. The SMILES string of the molecule is COc1ccc2c(NCCNC(=O)O)nc(C)c(-c3ccccc3)c2c1. The van der Waals surface area contributed by atoms with E-state index in [4.69, 9.17) is 14.8 Å². The van der Waals surface area contributed by atoms with Crippen LogP contribution >= 0.6 is 0 Å². The molecule has 0 aliphatic rings. The molecule has 0 saturated carbocycles. The Kier molecular flexibility index (Phi) is 5.22. The molecular weight excluding hydrogens is 330 g/mol. The molecule has 0 saturated heterocycles. The van der Waals surface area contributed by atoms with Gasteiger partial charge in [-0.3, -0.25) is 0 Å². The summed E-state index contributed by atoms with van der Waals surface area (Å²) in [6, 6.07) is 16.0. The van der Waals surface area contributed by atoms with E-state index in [0.29, 0.717) is 13.1 Å². The zero-order valence-corrected chi connectivity index (χ0v) is 14.7. The number of hydrogen-bond donors (Lipinski definition) is 3. The third kappa shape index (κ3) is 3.69. The monoisotopic (exact) mass is 351 g/mol. The fourth-order valence-electron chi connectivity index (χ4n) is 3.00. The van der Waals surface area contributed by atoms with Crippen molar-refractivity contribution in [2.24, 2.45) is 0 Å². The highest BCUT2D eigenvalue weighted by molar-refractivity contribution is 6.03. The molecule has 0 radical (unpaired) electrons. The summed E-state index contributed by atoms with van der Waals surface area (Å²) in [6.45, 7) is 2.72. The first-order valence-corrected chi connectivity index (χ1v) is 8.34. The third-order valence-electron chi connectivity index (χ3n) is 4.15. The molecule has 1 aromatic heterocycles. The highest BCUT2D eigenvalue weighted by Crippen LogP contribution is 2.36. The van der Waals surface area contributed by atoms with Gasteiger partial charge in [0.05, 0.1) is 7.11 Å². The minimum Gasteiger partial charge on any atom is -0.497 e. The van der Waals surface area contributed by atoms with E-state index in [9.17, 15) is 4.79 Å². The Hall–Kier alpha value is -3.28. The van der Waals surface area contributed by atoms with E-state index in [2.05, 4.69) is 22.8 Å². The summed E-state index contributed by atoms with van der Waals surface area (Å²) in [5.74, 6) is 1.51. The first-order valence-electron chi connectivity index (χ1n) is 8.34.